The topological polar surface area (TPSA) is 42.0 Å². The standard InChI is InChI=1S/C16H17BrN2O/c1-10(2)12-7-4-6-11(3)14(12)19-16(20)15-13(17)8-5-9-18-15/h4-10H,1-3H3,(H,19,20). The van der Waals surface area contributed by atoms with E-state index in [0.717, 1.165) is 16.8 Å². The summed E-state index contributed by atoms with van der Waals surface area (Å²) in [6.07, 6.45) is 1.61. The maximum atomic E-state index is 12.4. The SMILES string of the molecule is Cc1cccc(C(C)C)c1NC(=O)c1ncccc1Br. The van der Waals surface area contributed by atoms with Gasteiger partial charge in [0.25, 0.3) is 5.91 Å². The second kappa shape index (κ2) is 6.18. The molecule has 1 amide bonds. The molecule has 1 aromatic heterocycles. The molecule has 104 valence electrons. The average molecular weight is 333 g/mol. The molecule has 2 rings (SSSR count). The molecule has 2 aromatic rings. The molecule has 0 radical (unpaired) electrons. The Morgan fingerprint density at radius 1 is 1.25 bits per heavy atom. The maximum absolute atomic E-state index is 12.4. The van der Waals surface area contributed by atoms with Gasteiger partial charge in [0.15, 0.2) is 0 Å². The number of carbonyl (C=O) groups is 1. The number of para-hydroxylation sites is 1. The number of hydrogen-bond donors (Lipinski definition) is 1. The third-order valence-electron chi connectivity index (χ3n) is 3.14. The summed E-state index contributed by atoms with van der Waals surface area (Å²) >= 11 is 3.35. The van der Waals surface area contributed by atoms with Gasteiger partial charge in [-0.3, -0.25) is 4.79 Å². The Morgan fingerprint density at radius 3 is 2.65 bits per heavy atom. The smallest absolute Gasteiger partial charge is 0.275 e. The van der Waals surface area contributed by atoms with E-state index in [4.69, 9.17) is 0 Å². The summed E-state index contributed by atoms with van der Waals surface area (Å²) in [5, 5.41) is 2.99. The first-order valence-electron chi connectivity index (χ1n) is 6.52. The van der Waals surface area contributed by atoms with E-state index in [9.17, 15) is 4.79 Å². The maximum Gasteiger partial charge on any atom is 0.275 e. The largest absolute Gasteiger partial charge is 0.320 e. The van der Waals surface area contributed by atoms with Gasteiger partial charge in [0.2, 0.25) is 0 Å². The Balaban J connectivity index is 2.36. The molecule has 0 aliphatic rings. The molecule has 0 aliphatic carbocycles. The molecule has 1 N–H and O–H groups in total. The molecular weight excluding hydrogens is 316 g/mol. The van der Waals surface area contributed by atoms with Crippen LogP contribution in [-0.2, 0) is 0 Å². The summed E-state index contributed by atoms with van der Waals surface area (Å²) in [4.78, 5) is 16.5. The minimum Gasteiger partial charge on any atom is -0.320 e. The molecule has 20 heavy (non-hydrogen) atoms. The van der Waals surface area contributed by atoms with Crippen molar-refractivity contribution in [1.29, 1.82) is 0 Å². The van der Waals surface area contributed by atoms with Gasteiger partial charge in [0.1, 0.15) is 5.69 Å². The molecule has 0 fully saturated rings. The van der Waals surface area contributed by atoms with Gasteiger partial charge in [-0.15, -0.1) is 0 Å². The summed E-state index contributed by atoms with van der Waals surface area (Å²) in [6, 6.07) is 9.64. The fourth-order valence-corrected chi connectivity index (χ4v) is 2.50. The number of amides is 1. The monoisotopic (exact) mass is 332 g/mol. The molecule has 4 heteroatoms. The summed E-state index contributed by atoms with van der Waals surface area (Å²) in [5.74, 6) is 0.144. The van der Waals surface area contributed by atoms with E-state index < -0.39 is 0 Å². The fraction of sp³-hybridized carbons (Fsp3) is 0.250. The lowest BCUT2D eigenvalue weighted by Crippen LogP contribution is -2.16. The Bertz CT molecular complexity index is 638. The van der Waals surface area contributed by atoms with Gasteiger partial charge >= 0.3 is 0 Å². The van der Waals surface area contributed by atoms with Gasteiger partial charge in [0, 0.05) is 16.4 Å². The quantitative estimate of drug-likeness (QED) is 0.897. The van der Waals surface area contributed by atoms with Crippen molar-refractivity contribution in [2.24, 2.45) is 0 Å². The Kier molecular flexibility index (Phi) is 4.55. The first kappa shape index (κ1) is 14.7. The molecule has 0 saturated carbocycles. The van der Waals surface area contributed by atoms with Gasteiger partial charge in [-0.05, 0) is 52.0 Å². The van der Waals surface area contributed by atoms with Gasteiger partial charge in [0.05, 0.1) is 0 Å². The normalized spacial score (nSPS) is 10.7. The van der Waals surface area contributed by atoms with Crippen LogP contribution in [0.1, 0.15) is 41.4 Å². The van der Waals surface area contributed by atoms with Crippen LogP contribution in [0.3, 0.4) is 0 Å². The minimum absolute atomic E-state index is 0.200. The number of anilines is 1. The molecule has 0 atom stereocenters. The number of rotatable bonds is 3. The Morgan fingerprint density at radius 2 is 2.00 bits per heavy atom. The molecule has 0 aliphatic heterocycles. The summed E-state index contributed by atoms with van der Waals surface area (Å²) in [5.41, 5.74) is 3.46. The van der Waals surface area contributed by atoms with Gasteiger partial charge in [-0.25, -0.2) is 4.98 Å². The number of halogens is 1. The van der Waals surface area contributed by atoms with Crippen LogP contribution in [0.5, 0.6) is 0 Å². The highest BCUT2D eigenvalue weighted by molar-refractivity contribution is 9.10. The van der Waals surface area contributed by atoms with Crippen molar-refractivity contribution in [3.63, 3.8) is 0 Å². The number of hydrogen-bond acceptors (Lipinski definition) is 2. The third kappa shape index (κ3) is 3.07. The number of aryl methyl sites for hydroxylation is 1. The number of carbonyl (C=O) groups excluding carboxylic acids is 1. The fourth-order valence-electron chi connectivity index (χ4n) is 2.07. The third-order valence-corrected chi connectivity index (χ3v) is 3.78. The van der Waals surface area contributed by atoms with Crippen LogP contribution in [0.4, 0.5) is 5.69 Å². The van der Waals surface area contributed by atoms with Crippen LogP contribution in [0, 0.1) is 6.92 Å². The van der Waals surface area contributed by atoms with E-state index >= 15 is 0 Å². The van der Waals surface area contributed by atoms with Gasteiger partial charge in [-0.1, -0.05) is 32.0 Å². The number of aromatic nitrogens is 1. The lowest BCUT2D eigenvalue weighted by atomic mass is 9.98. The first-order chi connectivity index (χ1) is 9.50. The van der Waals surface area contributed by atoms with Crippen LogP contribution >= 0.6 is 15.9 Å². The zero-order valence-corrected chi connectivity index (χ0v) is 13.4. The van der Waals surface area contributed by atoms with E-state index in [1.54, 1.807) is 12.3 Å². The van der Waals surface area contributed by atoms with Crippen molar-refractivity contribution in [2.45, 2.75) is 26.7 Å². The van der Waals surface area contributed by atoms with E-state index in [0.29, 0.717) is 16.1 Å². The lowest BCUT2D eigenvalue weighted by molar-refractivity contribution is 0.102. The second-order valence-corrected chi connectivity index (χ2v) is 5.84. The van der Waals surface area contributed by atoms with Crippen molar-refractivity contribution < 1.29 is 4.79 Å². The van der Waals surface area contributed by atoms with Crippen LogP contribution in [0.15, 0.2) is 41.0 Å². The molecule has 0 saturated heterocycles. The van der Waals surface area contributed by atoms with E-state index in [1.165, 1.54) is 0 Å². The number of nitrogens with zero attached hydrogens (tertiary/aromatic N) is 1. The van der Waals surface area contributed by atoms with Crippen LogP contribution in [-0.4, -0.2) is 10.9 Å². The summed E-state index contributed by atoms with van der Waals surface area (Å²) in [6.45, 7) is 6.22. The van der Waals surface area contributed by atoms with Crippen molar-refractivity contribution in [2.75, 3.05) is 5.32 Å². The van der Waals surface area contributed by atoms with Crippen molar-refractivity contribution >= 4 is 27.5 Å². The molecule has 1 heterocycles. The minimum atomic E-state index is -0.200. The van der Waals surface area contributed by atoms with Crippen LogP contribution in [0.25, 0.3) is 0 Å². The number of benzene rings is 1. The van der Waals surface area contributed by atoms with Crippen LogP contribution in [0.2, 0.25) is 0 Å². The highest BCUT2D eigenvalue weighted by atomic mass is 79.9. The van der Waals surface area contributed by atoms with E-state index in [2.05, 4.69) is 40.1 Å². The lowest BCUT2D eigenvalue weighted by Gasteiger charge is -2.16. The highest BCUT2D eigenvalue weighted by Gasteiger charge is 2.15. The number of nitrogens with one attached hydrogen (secondary N) is 1. The first-order valence-corrected chi connectivity index (χ1v) is 7.31. The Hall–Kier alpha value is -1.68. The second-order valence-electron chi connectivity index (χ2n) is 4.98. The van der Waals surface area contributed by atoms with Crippen LogP contribution < -0.4 is 5.32 Å². The molecular formula is C16H17BrN2O. The average Bonchev–Trinajstić information content (AvgIpc) is 2.41. The van der Waals surface area contributed by atoms with E-state index in [1.807, 2.05) is 31.2 Å². The van der Waals surface area contributed by atoms with Crippen molar-refractivity contribution in [3.05, 3.63) is 57.8 Å². The predicted molar refractivity (Wildman–Crippen MR) is 85.2 cm³/mol. The van der Waals surface area contributed by atoms with Crippen molar-refractivity contribution in [3.8, 4) is 0 Å². The molecule has 0 bridgehead atoms. The zero-order chi connectivity index (χ0) is 14.7. The van der Waals surface area contributed by atoms with Crippen molar-refractivity contribution in [1.82, 2.24) is 4.98 Å². The zero-order valence-electron chi connectivity index (χ0n) is 11.8. The van der Waals surface area contributed by atoms with Gasteiger partial charge in [-0.2, -0.15) is 0 Å². The highest BCUT2D eigenvalue weighted by Crippen LogP contribution is 2.28. The number of pyridine rings is 1. The summed E-state index contributed by atoms with van der Waals surface area (Å²) in [7, 11) is 0. The van der Waals surface area contributed by atoms with Gasteiger partial charge < -0.3 is 5.32 Å². The van der Waals surface area contributed by atoms with E-state index in [-0.39, 0.29) is 5.91 Å². The molecule has 1 aromatic carbocycles. The molecule has 0 unspecified atom stereocenters. The summed E-state index contributed by atoms with van der Waals surface area (Å²) < 4.78 is 0.692. The predicted octanol–water partition coefficient (Wildman–Crippen LogP) is 4.53. The Labute approximate surface area is 127 Å². The molecule has 0 spiro atoms. The molecule has 3 nitrogen and oxygen atoms in total.